The molecule has 1 saturated carbocycles. The van der Waals surface area contributed by atoms with Gasteiger partial charge in [0.2, 0.25) is 0 Å². The topological polar surface area (TPSA) is 12.0 Å². The lowest BCUT2D eigenvalue weighted by atomic mass is 9.71. The Hall–Kier alpha value is -0.0400. The predicted molar refractivity (Wildman–Crippen MR) is 86.6 cm³/mol. The van der Waals surface area contributed by atoms with Crippen molar-refractivity contribution in [2.75, 3.05) is 0 Å². The summed E-state index contributed by atoms with van der Waals surface area (Å²) in [6.07, 6.45) is 12.6. The molecule has 19 heavy (non-hydrogen) atoms. The van der Waals surface area contributed by atoms with Crippen molar-refractivity contribution in [1.29, 1.82) is 0 Å². The summed E-state index contributed by atoms with van der Waals surface area (Å²) in [5.74, 6) is 0.936. The standard InChI is InChI=1S/C18H37N/c1-6-7-8-9-10-15(2)19-17-13-11-16(12-14-17)18(3,4)5/h15-17,19H,6-14H2,1-5H3. The fraction of sp³-hybridized carbons (Fsp3) is 1.00. The first-order chi connectivity index (χ1) is 8.93. The van der Waals surface area contributed by atoms with Crippen LogP contribution in [0.5, 0.6) is 0 Å². The second-order valence-electron chi connectivity index (χ2n) is 7.83. The quantitative estimate of drug-likeness (QED) is 0.597. The van der Waals surface area contributed by atoms with Crippen molar-refractivity contribution in [3.63, 3.8) is 0 Å². The van der Waals surface area contributed by atoms with Crippen molar-refractivity contribution >= 4 is 0 Å². The van der Waals surface area contributed by atoms with Gasteiger partial charge in [0.25, 0.3) is 0 Å². The van der Waals surface area contributed by atoms with E-state index in [-0.39, 0.29) is 0 Å². The molecule has 0 saturated heterocycles. The van der Waals surface area contributed by atoms with E-state index in [1.807, 2.05) is 0 Å². The van der Waals surface area contributed by atoms with E-state index in [0.717, 1.165) is 12.0 Å². The Morgan fingerprint density at radius 1 is 1.00 bits per heavy atom. The number of unbranched alkanes of at least 4 members (excludes halogenated alkanes) is 3. The summed E-state index contributed by atoms with van der Waals surface area (Å²) in [6.45, 7) is 11.9. The zero-order valence-corrected chi connectivity index (χ0v) is 14.1. The highest BCUT2D eigenvalue weighted by atomic mass is 14.9. The van der Waals surface area contributed by atoms with Crippen LogP contribution < -0.4 is 5.32 Å². The molecule has 0 aromatic carbocycles. The molecule has 0 spiro atoms. The predicted octanol–water partition coefficient (Wildman–Crippen LogP) is 5.54. The molecule has 1 N–H and O–H groups in total. The Balaban J connectivity index is 2.14. The molecule has 0 aromatic heterocycles. The molecular formula is C18H37N. The van der Waals surface area contributed by atoms with Gasteiger partial charge in [-0.15, -0.1) is 0 Å². The molecule has 1 unspecified atom stereocenters. The van der Waals surface area contributed by atoms with Crippen LogP contribution in [0.15, 0.2) is 0 Å². The lowest BCUT2D eigenvalue weighted by molar-refractivity contribution is 0.156. The number of hydrogen-bond donors (Lipinski definition) is 1. The Labute approximate surface area is 121 Å². The van der Waals surface area contributed by atoms with Crippen molar-refractivity contribution in [2.24, 2.45) is 11.3 Å². The Bertz CT molecular complexity index is 220. The molecule has 1 heteroatoms. The zero-order chi connectivity index (χ0) is 14.3. The van der Waals surface area contributed by atoms with Crippen LogP contribution in [-0.4, -0.2) is 12.1 Å². The molecule has 1 nitrogen and oxygen atoms in total. The molecule has 1 aliphatic rings. The highest BCUT2D eigenvalue weighted by Gasteiger charge is 2.29. The van der Waals surface area contributed by atoms with E-state index in [9.17, 15) is 0 Å². The molecule has 0 amide bonds. The minimum Gasteiger partial charge on any atom is -0.312 e. The molecule has 1 rings (SSSR count). The first-order valence-electron chi connectivity index (χ1n) is 8.69. The number of hydrogen-bond acceptors (Lipinski definition) is 1. The fourth-order valence-electron chi connectivity index (χ4n) is 3.49. The smallest absolute Gasteiger partial charge is 0.00697 e. The third kappa shape index (κ3) is 6.79. The van der Waals surface area contributed by atoms with Gasteiger partial charge in [-0.1, -0.05) is 53.4 Å². The van der Waals surface area contributed by atoms with Crippen LogP contribution in [0.4, 0.5) is 0 Å². The van der Waals surface area contributed by atoms with Gasteiger partial charge in [0.1, 0.15) is 0 Å². The van der Waals surface area contributed by atoms with Crippen molar-refractivity contribution in [2.45, 2.75) is 104 Å². The van der Waals surface area contributed by atoms with E-state index in [1.165, 1.54) is 57.8 Å². The lowest BCUT2D eigenvalue weighted by Gasteiger charge is -2.38. The van der Waals surface area contributed by atoms with E-state index in [4.69, 9.17) is 0 Å². The van der Waals surface area contributed by atoms with Crippen molar-refractivity contribution in [1.82, 2.24) is 5.32 Å². The van der Waals surface area contributed by atoms with Crippen molar-refractivity contribution in [3.8, 4) is 0 Å². The van der Waals surface area contributed by atoms with E-state index in [0.29, 0.717) is 11.5 Å². The fourth-order valence-corrected chi connectivity index (χ4v) is 3.49. The average molecular weight is 268 g/mol. The Kier molecular flexibility index (Phi) is 7.42. The normalized spacial score (nSPS) is 26.4. The second-order valence-corrected chi connectivity index (χ2v) is 7.83. The maximum Gasteiger partial charge on any atom is 0.00697 e. The first kappa shape index (κ1) is 17.0. The molecular weight excluding hydrogens is 230 g/mol. The van der Waals surface area contributed by atoms with E-state index in [2.05, 4.69) is 39.9 Å². The van der Waals surface area contributed by atoms with Crippen LogP contribution in [0.2, 0.25) is 0 Å². The molecule has 0 aliphatic heterocycles. The third-order valence-electron chi connectivity index (χ3n) is 4.96. The average Bonchev–Trinajstić information content (AvgIpc) is 2.34. The summed E-state index contributed by atoms with van der Waals surface area (Å²) in [6, 6.07) is 1.51. The first-order valence-corrected chi connectivity index (χ1v) is 8.69. The minimum absolute atomic E-state index is 0.511. The van der Waals surface area contributed by atoms with Crippen LogP contribution >= 0.6 is 0 Å². The summed E-state index contributed by atoms with van der Waals surface area (Å²) in [7, 11) is 0. The zero-order valence-electron chi connectivity index (χ0n) is 14.1. The minimum atomic E-state index is 0.511. The summed E-state index contributed by atoms with van der Waals surface area (Å²) < 4.78 is 0. The van der Waals surface area contributed by atoms with Gasteiger partial charge in [-0.3, -0.25) is 0 Å². The summed E-state index contributed by atoms with van der Waals surface area (Å²) >= 11 is 0. The van der Waals surface area contributed by atoms with Gasteiger partial charge in [0.05, 0.1) is 0 Å². The van der Waals surface area contributed by atoms with Crippen LogP contribution in [0.1, 0.15) is 92.4 Å². The molecule has 0 aromatic rings. The largest absolute Gasteiger partial charge is 0.312 e. The molecule has 1 fully saturated rings. The Morgan fingerprint density at radius 2 is 1.63 bits per heavy atom. The summed E-state index contributed by atoms with van der Waals surface area (Å²) in [5, 5.41) is 3.87. The van der Waals surface area contributed by atoms with Gasteiger partial charge in [-0.2, -0.15) is 0 Å². The summed E-state index contributed by atoms with van der Waals surface area (Å²) in [4.78, 5) is 0. The van der Waals surface area contributed by atoms with E-state index in [1.54, 1.807) is 0 Å². The Morgan fingerprint density at radius 3 is 2.16 bits per heavy atom. The van der Waals surface area contributed by atoms with Gasteiger partial charge in [-0.05, 0) is 50.4 Å². The molecule has 0 heterocycles. The van der Waals surface area contributed by atoms with E-state index >= 15 is 0 Å². The summed E-state index contributed by atoms with van der Waals surface area (Å²) in [5.41, 5.74) is 0.511. The maximum absolute atomic E-state index is 3.87. The van der Waals surface area contributed by atoms with Crippen LogP contribution in [0.25, 0.3) is 0 Å². The number of rotatable bonds is 7. The van der Waals surface area contributed by atoms with E-state index < -0.39 is 0 Å². The number of nitrogens with one attached hydrogen (secondary N) is 1. The monoisotopic (exact) mass is 267 g/mol. The highest BCUT2D eigenvalue weighted by Crippen LogP contribution is 2.37. The van der Waals surface area contributed by atoms with Crippen molar-refractivity contribution in [3.05, 3.63) is 0 Å². The molecule has 0 radical (unpaired) electrons. The van der Waals surface area contributed by atoms with Crippen LogP contribution in [0.3, 0.4) is 0 Å². The van der Waals surface area contributed by atoms with Gasteiger partial charge in [0, 0.05) is 12.1 Å². The third-order valence-corrected chi connectivity index (χ3v) is 4.96. The SMILES string of the molecule is CCCCCCC(C)NC1CCC(C(C)(C)C)CC1. The molecule has 1 atom stereocenters. The maximum atomic E-state index is 3.87. The lowest BCUT2D eigenvalue weighted by Crippen LogP contribution is -2.40. The van der Waals surface area contributed by atoms with Crippen LogP contribution in [0, 0.1) is 11.3 Å². The molecule has 0 bridgehead atoms. The second kappa shape index (κ2) is 8.29. The van der Waals surface area contributed by atoms with Gasteiger partial charge < -0.3 is 5.32 Å². The van der Waals surface area contributed by atoms with Crippen molar-refractivity contribution < 1.29 is 0 Å². The molecule has 1 aliphatic carbocycles. The highest BCUT2D eigenvalue weighted by molar-refractivity contribution is 4.84. The van der Waals surface area contributed by atoms with Gasteiger partial charge in [0.15, 0.2) is 0 Å². The van der Waals surface area contributed by atoms with Gasteiger partial charge >= 0.3 is 0 Å². The van der Waals surface area contributed by atoms with Gasteiger partial charge in [-0.25, -0.2) is 0 Å². The van der Waals surface area contributed by atoms with Crippen LogP contribution in [-0.2, 0) is 0 Å². The molecule has 114 valence electrons.